The van der Waals surface area contributed by atoms with Crippen molar-refractivity contribution in [1.82, 2.24) is 5.32 Å². The topological polar surface area (TPSA) is 49.3 Å². The highest BCUT2D eigenvalue weighted by Crippen LogP contribution is 2.11. The molecular weight excluding hydrogens is 270 g/mol. The Labute approximate surface area is 125 Å². The number of benzene rings is 1. The first-order chi connectivity index (χ1) is 9.58. The monoisotopic (exact) mass is 291 g/mol. The number of rotatable bonds is 5. The molecule has 1 aromatic carbocycles. The van der Waals surface area contributed by atoms with E-state index in [-0.39, 0.29) is 12.5 Å². The quantitative estimate of drug-likeness (QED) is 0.818. The van der Waals surface area contributed by atoms with Crippen LogP contribution >= 0.6 is 11.8 Å². The summed E-state index contributed by atoms with van der Waals surface area (Å²) in [5.74, 6) is 5.83. The third-order valence-electron chi connectivity index (χ3n) is 2.90. The van der Waals surface area contributed by atoms with Gasteiger partial charge in [-0.05, 0) is 36.9 Å². The smallest absolute Gasteiger partial charge is 0.251 e. The van der Waals surface area contributed by atoms with Crippen LogP contribution in [-0.2, 0) is 0 Å². The summed E-state index contributed by atoms with van der Waals surface area (Å²) in [5, 5.41) is 12.0. The SMILES string of the molecule is CSC(C)CNC(=O)c1ccc(C#CCCO)c(C)c1. The van der Waals surface area contributed by atoms with Gasteiger partial charge in [0.1, 0.15) is 0 Å². The van der Waals surface area contributed by atoms with E-state index in [9.17, 15) is 4.79 Å². The van der Waals surface area contributed by atoms with Crippen LogP contribution < -0.4 is 5.32 Å². The molecule has 1 atom stereocenters. The number of aryl methyl sites for hydroxylation is 1. The Morgan fingerprint density at radius 3 is 2.85 bits per heavy atom. The summed E-state index contributed by atoms with van der Waals surface area (Å²) in [6.07, 6.45) is 2.50. The fraction of sp³-hybridized carbons (Fsp3) is 0.438. The molecule has 2 N–H and O–H groups in total. The van der Waals surface area contributed by atoms with Crippen molar-refractivity contribution in [2.45, 2.75) is 25.5 Å². The molecule has 0 saturated heterocycles. The Morgan fingerprint density at radius 2 is 2.25 bits per heavy atom. The summed E-state index contributed by atoms with van der Waals surface area (Å²) < 4.78 is 0. The molecule has 0 saturated carbocycles. The Kier molecular flexibility index (Phi) is 7.21. The molecule has 0 aliphatic rings. The summed E-state index contributed by atoms with van der Waals surface area (Å²) in [5.41, 5.74) is 2.52. The molecule has 1 rings (SSSR count). The molecule has 0 aliphatic heterocycles. The van der Waals surface area contributed by atoms with E-state index in [2.05, 4.69) is 24.1 Å². The van der Waals surface area contributed by atoms with E-state index in [1.54, 1.807) is 17.8 Å². The minimum atomic E-state index is -0.0520. The average molecular weight is 291 g/mol. The number of hydrogen-bond acceptors (Lipinski definition) is 3. The Hall–Kier alpha value is -1.44. The lowest BCUT2D eigenvalue weighted by Gasteiger charge is -2.10. The summed E-state index contributed by atoms with van der Waals surface area (Å²) in [6.45, 7) is 4.75. The van der Waals surface area contributed by atoms with Crippen LogP contribution in [0.3, 0.4) is 0 Å². The van der Waals surface area contributed by atoms with Gasteiger partial charge in [-0.1, -0.05) is 18.8 Å². The molecule has 0 bridgehead atoms. The minimum Gasteiger partial charge on any atom is -0.395 e. The van der Waals surface area contributed by atoms with Gasteiger partial charge in [-0.25, -0.2) is 0 Å². The second-order valence-corrected chi connectivity index (χ2v) is 5.84. The first-order valence-electron chi connectivity index (χ1n) is 6.60. The molecular formula is C16H21NO2S. The lowest BCUT2D eigenvalue weighted by molar-refractivity contribution is 0.0954. The lowest BCUT2D eigenvalue weighted by Crippen LogP contribution is -2.29. The van der Waals surface area contributed by atoms with Gasteiger partial charge >= 0.3 is 0 Å². The molecule has 3 nitrogen and oxygen atoms in total. The molecule has 1 amide bonds. The molecule has 0 aliphatic carbocycles. The maximum Gasteiger partial charge on any atom is 0.251 e. The van der Waals surface area contributed by atoms with Gasteiger partial charge in [0.05, 0.1) is 6.61 Å². The van der Waals surface area contributed by atoms with Crippen molar-refractivity contribution in [3.63, 3.8) is 0 Å². The van der Waals surface area contributed by atoms with Crippen LogP contribution in [0.15, 0.2) is 18.2 Å². The van der Waals surface area contributed by atoms with Crippen molar-refractivity contribution in [3.8, 4) is 11.8 Å². The summed E-state index contributed by atoms with van der Waals surface area (Å²) in [4.78, 5) is 12.0. The largest absolute Gasteiger partial charge is 0.395 e. The molecule has 1 aromatic rings. The number of carbonyl (C=O) groups excluding carboxylic acids is 1. The molecule has 0 aromatic heterocycles. The second-order valence-electron chi connectivity index (χ2n) is 4.56. The molecule has 0 heterocycles. The molecule has 1 unspecified atom stereocenters. The number of amides is 1. The molecule has 20 heavy (non-hydrogen) atoms. The Morgan fingerprint density at radius 1 is 1.50 bits per heavy atom. The summed E-state index contributed by atoms with van der Waals surface area (Å²) in [6, 6.07) is 5.49. The number of thioether (sulfide) groups is 1. The van der Waals surface area contributed by atoms with Gasteiger partial charge in [-0.3, -0.25) is 4.79 Å². The Bertz CT molecular complexity index is 517. The maximum atomic E-state index is 12.0. The number of carbonyl (C=O) groups is 1. The number of aliphatic hydroxyl groups is 1. The van der Waals surface area contributed by atoms with E-state index in [0.717, 1.165) is 11.1 Å². The molecule has 0 radical (unpaired) electrons. The molecule has 4 heteroatoms. The van der Waals surface area contributed by atoms with Crippen LogP contribution in [0, 0.1) is 18.8 Å². The Balaban J connectivity index is 2.72. The van der Waals surface area contributed by atoms with Crippen molar-refractivity contribution in [2.24, 2.45) is 0 Å². The fourth-order valence-electron chi connectivity index (χ4n) is 1.58. The van der Waals surface area contributed by atoms with Gasteiger partial charge in [0.25, 0.3) is 5.91 Å². The average Bonchev–Trinajstić information content (AvgIpc) is 2.46. The predicted molar refractivity (Wildman–Crippen MR) is 85.1 cm³/mol. The van der Waals surface area contributed by atoms with E-state index < -0.39 is 0 Å². The number of hydrogen-bond donors (Lipinski definition) is 2. The summed E-state index contributed by atoms with van der Waals surface area (Å²) in [7, 11) is 0. The van der Waals surface area contributed by atoms with Crippen molar-refractivity contribution < 1.29 is 9.90 Å². The van der Waals surface area contributed by atoms with E-state index in [0.29, 0.717) is 23.8 Å². The summed E-state index contributed by atoms with van der Waals surface area (Å²) >= 11 is 1.73. The number of nitrogens with one attached hydrogen (secondary N) is 1. The normalized spacial score (nSPS) is 11.4. The standard InChI is InChI=1S/C16H21NO2S/c1-12-10-15(16(19)17-11-13(2)20-3)8-7-14(12)6-4-5-9-18/h7-8,10,13,18H,5,9,11H2,1-3H3,(H,17,19). The van der Waals surface area contributed by atoms with Crippen molar-refractivity contribution in [2.75, 3.05) is 19.4 Å². The van der Waals surface area contributed by atoms with Gasteiger partial charge in [0.15, 0.2) is 0 Å². The highest BCUT2D eigenvalue weighted by atomic mass is 32.2. The zero-order valence-corrected chi connectivity index (χ0v) is 13.0. The van der Waals surface area contributed by atoms with Crippen LogP contribution in [0.4, 0.5) is 0 Å². The van der Waals surface area contributed by atoms with Crippen LogP contribution in [0.25, 0.3) is 0 Å². The van der Waals surface area contributed by atoms with Gasteiger partial charge in [0.2, 0.25) is 0 Å². The van der Waals surface area contributed by atoms with Gasteiger partial charge in [-0.15, -0.1) is 0 Å². The maximum absolute atomic E-state index is 12.0. The van der Waals surface area contributed by atoms with E-state index in [1.807, 2.05) is 25.3 Å². The first-order valence-corrected chi connectivity index (χ1v) is 7.88. The van der Waals surface area contributed by atoms with E-state index in [4.69, 9.17) is 5.11 Å². The van der Waals surface area contributed by atoms with Crippen LogP contribution in [0.5, 0.6) is 0 Å². The van der Waals surface area contributed by atoms with Crippen molar-refractivity contribution >= 4 is 17.7 Å². The zero-order valence-electron chi connectivity index (χ0n) is 12.2. The third-order valence-corrected chi connectivity index (χ3v) is 3.87. The third kappa shape index (κ3) is 5.28. The van der Waals surface area contributed by atoms with Gasteiger partial charge in [-0.2, -0.15) is 11.8 Å². The molecule has 0 fully saturated rings. The molecule has 0 spiro atoms. The van der Waals surface area contributed by atoms with Crippen LogP contribution in [-0.4, -0.2) is 35.7 Å². The minimum absolute atomic E-state index is 0.0520. The first kappa shape index (κ1) is 16.6. The molecule has 108 valence electrons. The second kappa shape index (κ2) is 8.68. The van der Waals surface area contributed by atoms with E-state index >= 15 is 0 Å². The van der Waals surface area contributed by atoms with Gasteiger partial charge < -0.3 is 10.4 Å². The fourth-order valence-corrected chi connectivity index (χ4v) is 1.83. The van der Waals surface area contributed by atoms with E-state index in [1.165, 1.54) is 0 Å². The van der Waals surface area contributed by atoms with Gasteiger partial charge in [0, 0.05) is 29.3 Å². The van der Waals surface area contributed by atoms with Crippen molar-refractivity contribution in [1.29, 1.82) is 0 Å². The highest BCUT2D eigenvalue weighted by molar-refractivity contribution is 7.99. The predicted octanol–water partition coefficient (Wildman–Crippen LogP) is 2.21. The highest BCUT2D eigenvalue weighted by Gasteiger charge is 2.08. The van der Waals surface area contributed by atoms with Crippen LogP contribution in [0.2, 0.25) is 0 Å². The van der Waals surface area contributed by atoms with Crippen LogP contribution in [0.1, 0.15) is 34.8 Å². The zero-order chi connectivity index (χ0) is 15.0. The lowest BCUT2D eigenvalue weighted by atomic mass is 10.0. The number of aliphatic hydroxyl groups excluding tert-OH is 1. The van der Waals surface area contributed by atoms with Crippen molar-refractivity contribution in [3.05, 3.63) is 34.9 Å².